The van der Waals surface area contributed by atoms with Crippen LogP contribution in [0.25, 0.3) is 5.52 Å². The topological polar surface area (TPSA) is 58.4 Å². The Balaban J connectivity index is 1.44. The van der Waals surface area contributed by atoms with Crippen LogP contribution in [0.5, 0.6) is 0 Å². The van der Waals surface area contributed by atoms with Crippen LogP contribution in [0.1, 0.15) is 12.2 Å². The molecular formula is C17H17ClN4O. The fraction of sp³-hybridized carbons (Fsp3) is 0.176. The summed E-state index contributed by atoms with van der Waals surface area (Å²) < 4.78 is 2.06. The number of aryl methyl sites for hydroxylation is 1. The number of pyridine rings is 1. The summed E-state index contributed by atoms with van der Waals surface area (Å²) in [5, 5.41) is 6.24. The van der Waals surface area contributed by atoms with Crippen LogP contribution in [0.15, 0.2) is 54.9 Å². The first-order valence-electron chi connectivity index (χ1n) is 7.44. The van der Waals surface area contributed by atoms with Crippen molar-refractivity contribution in [1.29, 1.82) is 0 Å². The molecule has 0 unspecified atom stereocenters. The second kappa shape index (κ2) is 7.15. The molecule has 118 valence electrons. The Morgan fingerprint density at radius 3 is 2.83 bits per heavy atom. The van der Waals surface area contributed by atoms with E-state index >= 15 is 0 Å². The summed E-state index contributed by atoms with van der Waals surface area (Å²) in [6.07, 6.45) is 5.48. The Hall–Kier alpha value is -2.53. The van der Waals surface area contributed by atoms with E-state index < -0.39 is 0 Å². The first-order valence-corrected chi connectivity index (χ1v) is 7.81. The van der Waals surface area contributed by atoms with E-state index in [0.29, 0.717) is 17.3 Å². The highest BCUT2D eigenvalue weighted by atomic mass is 35.5. The third kappa shape index (κ3) is 4.02. The molecule has 2 N–H and O–H groups in total. The monoisotopic (exact) mass is 328 g/mol. The first kappa shape index (κ1) is 15.4. The number of carbonyl (C=O) groups is 1. The number of nitrogens with one attached hydrogen (secondary N) is 2. The zero-order valence-electron chi connectivity index (χ0n) is 12.5. The lowest BCUT2D eigenvalue weighted by molar-refractivity contribution is 0.252. The van der Waals surface area contributed by atoms with Crippen LogP contribution in [0, 0.1) is 0 Å². The van der Waals surface area contributed by atoms with Gasteiger partial charge in [-0.2, -0.15) is 0 Å². The van der Waals surface area contributed by atoms with E-state index in [1.165, 1.54) is 0 Å². The van der Waals surface area contributed by atoms with Crippen LogP contribution < -0.4 is 10.6 Å². The molecule has 23 heavy (non-hydrogen) atoms. The summed E-state index contributed by atoms with van der Waals surface area (Å²) >= 11 is 5.80. The molecule has 3 rings (SSSR count). The molecular weight excluding hydrogens is 312 g/mol. The molecule has 0 atom stereocenters. The lowest BCUT2D eigenvalue weighted by Crippen LogP contribution is -2.29. The molecule has 2 aromatic heterocycles. The van der Waals surface area contributed by atoms with Gasteiger partial charge >= 0.3 is 6.03 Å². The van der Waals surface area contributed by atoms with E-state index in [9.17, 15) is 4.79 Å². The number of hydrogen-bond acceptors (Lipinski definition) is 2. The zero-order valence-corrected chi connectivity index (χ0v) is 13.3. The van der Waals surface area contributed by atoms with Gasteiger partial charge in [0.15, 0.2) is 0 Å². The third-order valence-corrected chi connectivity index (χ3v) is 3.73. The van der Waals surface area contributed by atoms with Crippen molar-refractivity contribution in [2.75, 3.05) is 11.9 Å². The molecule has 0 spiro atoms. The molecule has 0 fully saturated rings. The smallest absolute Gasteiger partial charge is 0.319 e. The first-order chi connectivity index (χ1) is 11.2. The maximum atomic E-state index is 11.8. The van der Waals surface area contributed by atoms with Crippen molar-refractivity contribution in [3.8, 4) is 0 Å². The number of nitrogens with zero attached hydrogens (tertiary/aromatic N) is 2. The van der Waals surface area contributed by atoms with Crippen molar-refractivity contribution < 1.29 is 4.79 Å². The molecule has 3 aromatic rings. The standard InChI is InChI=1S/C17H17ClN4O/c18-13-6-8-14(9-7-13)21-17(23)19-10-3-5-16-20-12-15-4-1-2-11-22(15)16/h1-2,4,6-9,11-12H,3,5,10H2,(H2,19,21,23). The van der Waals surface area contributed by atoms with Crippen LogP contribution in [0.4, 0.5) is 10.5 Å². The molecule has 2 amide bonds. The molecule has 0 bridgehead atoms. The van der Waals surface area contributed by atoms with Crippen LogP contribution >= 0.6 is 11.6 Å². The Labute approximate surface area is 139 Å². The summed E-state index contributed by atoms with van der Waals surface area (Å²) in [4.78, 5) is 16.2. The summed E-state index contributed by atoms with van der Waals surface area (Å²) in [6, 6.07) is 12.8. The number of halogens is 1. The molecule has 0 aliphatic carbocycles. The van der Waals surface area contributed by atoms with E-state index in [2.05, 4.69) is 20.0 Å². The van der Waals surface area contributed by atoms with Gasteiger partial charge in [-0.05, 0) is 42.8 Å². The van der Waals surface area contributed by atoms with Crippen LogP contribution in [0.2, 0.25) is 5.02 Å². The number of anilines is 1. The lowest BCUT2D eigenvalue weighted by atomic mass is 10.3. The minimum Gasteiger partial charge on any atom is -0.338 e. The average molecular weight is 329 g/mol. The van der Waals surface area contributed by atoms with Gasteiger partial charge in [0.1, 0.15) is 5.82 Å². The second-order valence-corrected chi connectivity index (χ2v) is 5.60. The molecule has 0 saturated carbocycles. The molecule has 2 heterocycles. The number of hydrogen-bond donors (Lipinski definition) is 2. The number of amides is 2. The number of urea groups is 1. The van der Waals surface area contributed by atoms with E-state index in [4.69, 9.17) is 11.6 Å². The van der Waals surface area contributed by atoms with Crippen molar-refractivity contribution >= 4 is 28.8 Å². The molecule has 0 radical (unpaired) electrons. The molecule has 1 aromatic carbocycles. The van der Waals surface area contributed by atoms with Crippen molar-refractivity contribution in [1.82, 2.24) is 14.7 Å². The predicted molar refractivity (Wildman–Crippen MR) is 92.0 cm³/mol. The second-order valence-electron chi connectivity index (χ2n) is 5.16. The number of imidazole rings is 1. The third-order valence-electron chi connectivity index (χ3n) is 3.48. The van der Waals surface area contributed by atoms with Gasteiger partial charge in [0.25, 0.3) is 0 Å². The Kier molecular flexibility index (Phi) is 4.78. The zero-order chi connectivity index (χ0) is 16.1. The van der Waals surface area contributed by atoms with Crippen molar-refractivity contribution in [2.45, 2.75) is 12.8 Å². The van der Waals surface area contributed by atoms with Crippen LogP contribution in [0.3, 0.4) is 0 Å². The van der Waals surface area contributed by atoms with Crippen LogP contribution in [-0.4, -0.2) is 22.0 Å². The largest absolute Gasteiger partial charge is 0.338 e. The summed E-state index contributed by atoms with van der Waals surface area (Å²) in [5.41, 5.74) is 1.79. The number of benzene rings is 1. The molecule has 5 nitrogen and oxygen atoms in total. The summed E-state index contributed by atoms with van der Waals surface area (Å²) in [7, 11) is 0. The number of carbonyl (C=O) groups excluding carboxylic acids is 1. The van der Waals surface area contributed by atoms with Gasteiger partial charge in [-0.25, -0.2) is 9.78 Å². The van der Waals surface area contributed by atoms with Crippen LogP contribution in [-0.2, 0) is 6.42 Å². The van der Waals surface area contributed by atoms with E-state index in [0.717, 1.165) is 24.2 Å². The predicted octanol–water partition coefficient (Wildman–Crippen LogP) is 3.74. The van der Waals surface area contributed by atoms with Crippen molar-refractivity contribution in [3.63, 3.8) is 0 Å². The van der Waals surface area contributed by atoms with Gasteiger partial charge in [0, 0.05) is 29.9 Å². The Bertz CT molecular complexity index is 798. The molecule has 6 heteroatoms. The average Bonchev–Trinajstić information content (AvgIpc) is 2.97. The summed E-state index contributed by atoms with van der Waals surface area (Å²) in [5.74, 6) is 1.00. The summed E-state index contributed by atoms with van der Waals surface area (Å²) in [6.45, 7) is 0.584. The van der Waals surface area contributed by atoms with Crippen molar-refractivity contribution in [2.24, 2.45) is 0 Å². The van der Waals surface area contributed by atoms with Gasteiger partial charge in [0.05, 0.1) is 11.7 Å². The molecule has 0 aliphatic heterocycles. The van der Waals surface area contributed by atoms with E-state index in [1.54, 1.807) is 24.3 Å². The van der Waals surface area contributed by atoms with Gasteiger partial charge in [-0.3, -0.25) is 0 Å². The normalized spacial score (nSPS) is 10.7. The van der Waals surface area contributed by atoms with Gasteiger partial charge in [-0.1, -0.05) is 17.7 Å². The number of fused-ring (bicyclic) bond motifs is 1. The minimum absolute atomic E-state index is 0.222. The Morgan fingerprint density at radius 2 is 2.00 bits per heavy atom. The molecule has 0 aliphatic rings. The number of rotatable bonds is 5. The van der Waals surface area contributed by atoms with Gasteiger partial charge in [-0.15, -0.1) is 0 Å². The quantitative estimate of drug-likeness (QED) is 0.701. The highest BCUT2D eigenvalue weighted by Gasteiger charge is 2.04. The lowest BCUT2D eigenvalue weighted by Gasteiger charge is -2.07. The SMILES string of the molecule is O=C(NCCCc1ncc2ccccn12)Nc1ccc(Cl)cc1. The highest BCUT2D eigenvalue weighted by molar-refractivity contribution is 6.30. The minimum atomic E-state index is -0.222. The van der Waals surface area contributed by atoms with Gasteiger partial charge < -0.3 is 15.0 Å². The molecule has 0 saturated heterocycles. The van der Waals surface area contributed by atoms with Gasteiger partial charge in [0.2, 0.25) is 0 Å². The Morgan fingerprint density at radius 1 is 1.17 bits per heavy atom. The number of aromatic nitrogens is 2. The maximum absolute atomic E-state index is 11.8. The fourth-order valence-corrected chi connectivity index (χ4v) is 2.47. The fourth-order valence-electron chi connectivity index (χ4n) is 2.34. The highest BCUT2D eigenvalue weighted by Crippen LogP contribution is 2.13. The van der Waals surface area contributed by atoms with Crippen molar-refractivity contribution in [3.05, 3.63) is 65.7 Å². The van der Waals surface area contributed by atoms with E-state index in [1.807, 2.05) is 30.6 Å². The maximum Gasteiger partial charge on any atom is 0.319 e. The van der Waals surface area contributed by atoms with E-state index in [-0.39, 0.29) is 6.03 Å².